The lowest BCUT2D eigenvalue weighted by Crippen LogP contribution is -2.28. The first kappa shape index (κ1) is 25.2. The van der Waals surface area contributed by atoms with Gasteiger partial charge in [-0.3, -0.25) is 0 Å². The number of phenolic OH excluding ortho intramolecular Hbond substituents is 1. The fourth-order valence-electron chi connectivity index (χ4n) is 3.63. The molecule has 0 saturated heterocycles. The zero-order chi connectivity index (χ0) is 24.8. The second kappa shape index (κ2) is 11.7. The summed E-state index contributed by atoms with van der Waals surface area (Å²) in [5.74, 6) is 0.243. The third kappa shape index (κ3) is 7.53. The van der Waals surface area contributed by atoms with Crippen LogP contribution in [0, 0.1) is 13.8 Å². The zero-order valence-electron chi connectivity index (χ0n) is 19.6. The number of phenols is 1. The monoisotopic (exact) mass is 520 g/mol. The van der Waals surface area contributed by atoms with Gasteiger partial charge in [0.05, 0.1) is 5.69 Å². The van der Waals surface area contributed by atoms with Crippen molar-refractivity contribution in [1.82, 2.24) is 4.90 Å². The van der Waals surface area contributed by atoms with Gasteiger partial charge in [0.25, 0.3) is 0 Å². The van der Waals surface area contributed by atoms with Crippen molar-refractivity contribution in [3.05, 3.63) is 123 Å². The van der Waals surface area contributed by atoms with Gasteiger partial charge < -0.3 is 10.0 Å². The van der Waals surface area contributed by atoms with Gasteiger partial charge in [-0.1, -0.05) is 76.9 Å². The van der Waals surface area contributed by atoms with E-state index in [4.69, 9.17) is 28.2 Å². The van der Waals surface area contributed by atoms with Crippen LogP contribution in [0.1, 0.15) is 22.3 Å². The molecular formula is C29H26Cl2N2OS. The standard InChI is InChI=1S/C29H26Cl2N2OS/c1-20-6-12-28(13-7-20)35-29(32-26-15-21(2)14-25(31)17-26)33(18-22-8-10-27(34)11-9-22)19-23-4-3-5-24(30)16-23/h3-17,34H,18-19H2,1-2H3. The minimum absolute atomic E-state index is 0.243. The molecule has 4 aromatic carbocycles. The van der Waals surface area contributed by atoms with Gasteiger partial charge in [0.15, 0.2) is 5.17 Å². The van der Waals surface area contributed by atoms with Gasteiger partial charge in [0.1, 0.15) is 5.75 Å². The van der Waals surface area contributed by atoms with Gasteiger partial charge in [-0.25, -0.2) is 4.99 Å². The molecule has 0 aliphatic rings. The number of rotatable bonds is 6. The average molecular weight is 522 g/mol. The second-order valence-corrected chi connectivity index (χ2v) is 10.4. The van der Waals surface area contributed by atoms with E-state index in [0.29, 0.717) is 23.1 Å². The number of amidine groups is 1. The molecule has 0 heterocycles. The number of halogens is 2. The first-order chi connectivity index (χ1) is 16.8. The largest absolute Gasteiger partial charge is 0.508 e. The van der Waals surface area contributed by atoms with Crippen molar-refractivity contribution in [2.24, 2.45) is 4.99 Å². The molecule has 0 amide bonds. The summed E-state index contributed by atoms with van der Waals surface area (Å²) in [7, 11) is 0. The van der Waals surface area contributed by atoms with E-state index >= 15 is 0 Å². The molecule has 0 aliphatic heterocycles. The highest BCUT2D eigenvalue weighted by Gasteiger charge is 2.16. The molecule has 0 aromatic heterocycles. The molecule has 4 rings (SSSR count). The lowest BCUT2D eigenvalue weighted by Gasteiger charge is -2.26. The first-order valence-electron chi connectivity index (χ1n) is 11.2. The summed E-state index contributed by atoms with van der Waals surface area (Å²) >= 11 is 14.3. The minimum Gasteiger partial charge on any atom is -0.508 e. The predicted octanol–water partition coefficient (Wildman–Crippen LogP) is 8.80. The van der Waals surface area contributed by atoms with Crippen molar-refractivity contribution >= 4 is 45.8 Å². The molecule has 6 heteroatoms. The van der Waals surface area contributed by atoms with Crippen LogP contribution in [0.3, 0.4) is 0 Å². The molecule has 0 radical (unpaired) electrons. The van der Waals surface area contributed by atoms with E-state index < -0.39 is 0 Å². The van der Waals surface area contributed by atoms with Gasteiger partial charge in [-0.15, -0.1) is 0 Å². The van der Waals surface area contributed by atoms with Crippen LogP contribution in [-0.4, -0.2) is 15.2 Å². The topological polar surface area (TPSA) is 35.8 Å². The maximum Gasteiger partial charge on any atom is 0.169 e. The van der Waals surface area contributed by atoms with E-state index in [1.807, 2.05) is 55.5 Å². The third-order valence-corrected chi connectivity index (χ3v) is 6.82. The molecule has 0 fully saturated rings. The molecular weight excluding hydrogens is 495 g/mol. The maximum atomic E-state index is 9.76. The molecule has 0 atom stereocenters. The number of hydrogen-bond acceptors (Lipinski definition) is 3. The van der Waals surface area contributed by atoms with Crippen LogP contribution >= 0.6 is 35.0 Å². The molecule has 0 spiro atoms. The Balaban J connectivity index is 1.77. The van der Waals surface area contributed by atoms with Crippen LogP contribution in [0.25, 0.3) is 0 Å². The van der Waals surface area contributed by atoms with E-state index in [9.17, 15) is 5.11 Å². The number of benzene rings is 4. The molecule has 1 N–H and O–H groups in total. The second-order valence-electron chi connectivity index (χ2n) is 8.45. The van der Waals surface area contributed by atoms with E-state index in [0.717, 1.165) is 32.4 Å². The van der Waals surface area contributed by atoms with Gasteiger partial charge in [-0.05, 0) is 85.1 Å². The van der Waals surface area contributed by atoms with E-state index in [-0.39, 0.29) is 5.75 Å². The van der Waals surface area contributed by atoms with Crippen molar-refractivity contribution in [1.29, 1.82) is 0 Å². The molecule has 0 bridgehead atoms. The summed E-state index contributed by atoms with van der Waals surface area (Å²) in [6, 6.07) is 29.4. The Kier molecular flexibility index (Phi) is 8.40. The highest BCUT2D eigenvalue weighted by atomic mass is 35.5. The Morgan fingerprint density at radius 2 is 1.49 bits per heavy atom. The van der Waals surface area contributed by atoms with Crippen molar-refractivity contribution in [3.63, 3.8) is 0 Å². The number of hydrogen-bond donors (Lipinski definition) is 1. The van der Waals surface area contributed by atoms with Crippen LogP contribution in [0.5, 0.6) is 5.75 Å². The molecule has 0 unspecified atom stereocenters. The zero-order valence-corrected chi connectivity index (χ0v) is 21.9. The third-order valence-electron chi connectivity index (χ3n) is 5.32. The van der Waals surface area contributed by atoms with E-state index in [1.54, 1.807) is 23.9 Å². The van der Waals surface area contributed by atoms with Crippen LogP contribution in [-0.2, 0) is 13.1 Å². The van der Waals surface area contributed by atoms with E-state index in [2.05, 4.69) is 42.2 Å². The van der Waals surface area contributed by atoms with Crippen molar-refractivity contribution in [2.75, 3.05) is 0 Å². The number of aliphatic imine (C=N–C) groups is 1. The summed E-state index contributed by atoms with van der Waals surface area (Å²) in [6.45, 7) is 5.30. The summed E-state index contributed by atoms with van der Waals surface area (Å²) in [4.78, 5) is 8.38. The quantitative estimate of drug-likeness (QED) is 0.156. The Morgan fingerprint density at radius 1 is 0.771 bits per heavy atom. The van der Waals surface area contributed by atoms with Crippen molar-refractivity contribution in [2.45, 2.75) is 31.8 Å². The maximum absolute atomic E-state index is 9.76. The Hall–Kier alpha value is -2.92. The van der Waals surface area contributed by atoms with Crippen LogP contribution in [0.15, 0.2) is 101 Å². The summed E-state index contributed by atoms with van der Waals surface area (Å²) in [5.41, 5.74) is 5.19. The highest BCUT2D eigenvalue weighted by molar-refractivity contribution is 8.13. The van der Waals surface area contributed by atoms with Gasteiger partial charge in [0.2, 0.25) is 0 Å². The molecule has 3 nitrogen and oxygen atoms in total. The van der Waals surface area contributed by atoms with Gasteiger partial charge in [0, 0.05) is 28.0 Å². The molecule has 4 aromatic rings. The lowest BCUT2D eigenvalue weighted by molar-refractivity contribution is 0.414. The highest BCUT2D eigenvalue weighted by Crippen LogP contribution is 2.29. The summed E-state index contributed by atoms with van der Waals surface area (Å²) in [5, 5.41) is 12.0. The molecule has 0 saturated carbocycles. The van der Waals surface area contributed by atoms with Gasteiger partial charge in [-0.2, -0.15) is 0 Å². The summed E-state index contributed by atoms with van der Waals surface area (Å²) in [6.07, 6.45) is 0. The Morgan fingerprint density at radius 3 is 2.17 bits per heavy atom. The number of aryl methyl sites for hydroxylation is 2. The smallest absolute Gasteiger partial charge is 0.169 e. The Bertz CT molecular complexity index is 1300. The summed E-state index contributed by atoms with van der Waals surface area (Å²) < 4.78 is 0. The minimum atomic E-state index is 0.243. The SMILES string of the molecule is Cc1ccc(SC(=Nc2cc(C)cc(Cl)c2)N(Cc2ccc(O)cc2)Cc2cccc(Cl)c2)cc1. The van der Waals surface area contributed by atoms with Crippen LogP contribution < -0.4 is 0 Å². The van der Waals surface area contributed by atoms with Crippen LogP contribution in [0.4, 0.5) is 5.69 Å². The van der Waals surface area contributed by atoms with Gasteiger partial charge >= 0.3 is 0 Å². The Labute approximate surface area is 221 Å². The molecule has 35 heavy (non-hydrogen) atoms. The van der Waals surface area contributed by atoms with Crippen molar-refractivity contribution < 1.29 is 5.11 Å². The predicted molar refractivity (Wildman–Crippen MR) is 149 cm³/mol. The number of thioether (sulfide) groups is 1. The lowest BCUT2D eigenvalue weighted by atomic mass is 10.1. The fourth-order valence-corrected chi connectivity index (χ4v) is 5.02. The first-order valence-corrected chi connectivity index (χ1v) is 12.8. The van der Waals surface area contributed by atoms with Crippen molar-refractivity contribution in [3.8, 4) is 5.75 Å². The normalized spacial score (nSPS) is 11.5. The molecule has 0 aliphatic carbocycles. The molecule has 178 valence electrons. The van der Waals surface area contributed by atoms with E-state index in [1.165, 1.54) is 5.56 Å². The average Bonchev–Trinajstić information content (AvgIpc) is 2.80. The number of aromatic hydroxyl groups is 1. The van der Waals surface area contributed by atoms with Crippen LogP contribution in [0.2, 0.25) is 10.0 Å². The number of nitrogens with zero attached hydrogens (tertiary/aromatic N) is 2. The fraction of sp³-hybridized carbons (Fsp3) is 0.138.